The van der Waals surface area contributed by atoms with Crippen LogP contribution in [0.1, 0.15) is 43.1 Å². The van der Waals surface area contributed by atoms with Crippen LogP contribution in [0.15, 0.2) is 24.5 Å². The molecule has 1 unspecified atom stereocenters. The Bertz CT molecular complexity index is 907. The lowest BCUT2D eigenvalue weighted by molar-refractivity contribution is -0.149. The Balaban J connectivity index is 1.10. The molecule has 1 aliphatic carbocycles. The number of ether oxygens (including phenoxy) is 1. The van der Waals surface area contributed by atoms with Crippen molar-refractivity contribution >= 4 is 22.7 Å². The molecule has 3 aliphatic rings. The summed E-state index contributed by atoms with van der Waals surface area (Å²) in [6.07, 6.45) is 7.31. The first-order chi connectivity index (χ1) is 14.0. The molecule has 7 nitrogen and oxygen atoms in total. The summed E-state index contributed by atoms with van der Waals surface area (Å²) < 4.78 is 5.27. The number of piperidine rings is 1. The number of rotatable bonds is 5. The predicted octanol–water partition coefficient (Wildman–Crippen LogP) is 2.35. The minimum Gasteiger partial charge on any atom is -0.380 e. The summed E-state index contributed by atoms with van der Waals surface area (Å²) in [6, 6.07) is 3.72. The zero-order chi connectivity index (χ0) is 20.1. The molecule has 2 aliphatic heterocycles. The van der Waals surface area contributed by atoms with Gasteiger partial charge in [0.05, 0.1) is 13.2 Å². The molecule has 154 valence electrons. The van der Waals surface area contributed by atoms with Crippen molar-refractivity contribution < 1.29 is 14.3 Å². The van der Waals surface area contributed by atoms with Gasteiger partial charge in [-0.3, -0.25) is 14.6 Å². The van der Waals surface area contributed by atoms with E-state index in [2.05, 4.69) is 22.2 Å². The Morgan fingerprint density at radius 3 is 2.83 bits per heavy atom. The number of hydrogen-bond donors (Lipinski definition) is 2. The molecule has 1 spiro atoms. The fraction of sp³-hybridized carbons (Fsp3) is 0.591. The molecule has 2 aromatic rings. The van der Waals surface area contributed by atoms with E-state index in [0.717, 1.165) is 43.3 Å². The molecule has 7 heteroatoms. The molecule has 2 aromatic heterocycles. The third-order valence-corrected chi connectivity index (χ3v) is 7.12. The van der Waals surface area contributed by atoms with E-state index in [1.165, 1.54) is 0 Å². The molecule has 0 radical (unpaired) electrons. The predicted molar refractivity (Wildman–Crippen MR) is 108 cm³/mol. The van der Waals surface area contributed by atoms with Crippen molar-refractivity contribution in [2.75, 3.05) is 32.8 Å². The number of hydrogen-bond acceptors (Lipinski definition) is 4. The third kappa shape index (κ3) is 3.52. The largest absolute Gasteiger partial charge is 0.380 e. The molecular formula is C22H28N4O3. The molecule has 3 fully saturated rings. The first-order valence-corrected chi connectivity index (χ1v) is 10.5. The number of aromatic nitrogens is 2. The van der Waals surface area contributed by atoms with E-state index < -0.39 is 0 Å². The SMILES string of the molecule is CC1(CC(=O)N2CCC3(CC2)CC3CNC(=O)c2cc3cnccc3[nH]2)COC1. The van der Waals surface area contributed by atoms with Crippen LogP contribution in [0.25, 0.3) is 10.9 Å². The van der Waals surface area contributed by atoms with Crippen LogP contribution < -0.4 is 5.32 Å². The summed E-state index contributed by atoms with van der Waals surface area (Å²) >= 11 is 0. The molecule has 5 rings (SSSR count). The smallest absolute Gasteiger partial charge is 0.267 e. The second-order valence-electron chi connectivity index (χ2n) is 9.48. The van der Waals surface area contributed by atoms with Gasteiger partial charge in [0.25, 0.3) is 5.91 Å². The van der Waals surface area contributed by atoms with E-state index in [-0.39, 0.29) is 17.2 Å². The van der Waals surface area contributed by atoms with Gasteiger partial charge in [0.2, 0.25) is 5.91 Å². The Kier molecular flexibility index (Phi) is 4.38. The van der Waals surface area contributed by atoms with Crippen LogP contribution in [0.3, 0.4) is 0 Å². The van der Waals surface area contributed by atoms with Gasteiger partial charge < -0.3 is 19.9 Å². The monoisotopic (exact) mass is 396 g/mol. The van der Waals surface area contributed by atoms with Crippen LogP contribution in [0.4, 0.5) is 0 Å². The number of fused-ring (bicyclic) bond motifs is 1. The van der Waals surface area contributed by atoms with Crippen LogP contribution in [-0.2, 0) is 9.53 Å². The van der Waals surface area contributed by atoms with Gasteiger partial charge in [-0.1, -0.05) is 6.92 Å². The summed E-state index contributed by atoms with van der Waals surface area (Å²) in [7, 11) is 0. The number of likely N-dealkylation sites (tertiary alicyclic amines) is 1. The van der Waals surface area contributed by atoms with E-state index in [9.17, 15) is 9.59 Å². The van der Waals surface area contributed by atoms with Crippen LogP contribution in [0.2, 0.25) is 0 Å². The van der Waals surface area contributed by atoms with E-state index >= 15 is 0 Å². The lowest BCUT2D eigenvalue weighted by Gasteiger charge is -2.40. The van der Waals surface area contributed by atoms with Crippen molar-refractivity contribution in [3.05, 3.63) is 30.2 Å². The zero-order valence-electron chi connectivity index (χ0n) is 16.9. The fourth-order valence-corrected chi connectivity index (χ4v) is 4.97. The minimum atomic E-state index is -0.0631. The highest BCUT2D eigenvalue weighted by atomic mass is 16.5. The second-order valence-corrected chi connectivity index (χ2v) is 9.48. The highest BCUT2D eigenvalue weighted by Gasteiger charge is 2.55. The molecule has 2 N–H and O–H groups in total. The van der Waals surface area contributed by atoms with Gasteiger partial charge >= 0.3 is 0 Å². The Morgan fingerprint density at radius 2 is 2.14 bits per heavy atom. The van der Waals surface area contributed by atoms with E-state index in [0.29, 0.717) is 43.2 Å². The molecule has 1 saturated carbocycles. The molecule has 2 amide bonds. The summed E-state index contributed by atoms with van der Waals surface area (Å²) in [5.41, 5.74) is 1.86. The first-order valence-electron chi connectivity index (χ1n) is 10.5. The van der Waals surface area contributed by atoms with E-state index in [4.69, 9.17) is 4.74 Å². The normalized spacial score (nSPS) is 24.3. The van der Waals surface area contributed by atoms with E-state index in [1.54, 1.807) is 12.4 Å². The highest BCUT2D eigenvalue weighted by molar-refractivity contribution is 5.97. The lowest BCUT2D eigenvalue weighted by Crippen LogP contribution is -2.47. The van der Waals surface area contributed by atoms with Crippen LogP contribution >= 0.6 is 0 Å². The van der Waals surface area contributed by atoms with Gasteiger partial charge in [-0.25, -0.2) is 0 Å². The van der Waals surface area contributed by atoms with E-state index in [1.807, 2.05) is 17.0 Å². The number of carbonyl (C=O) groups is 2. The molecule has 4 heterocycles. The standard InChI is InChI=1S/C22H28N4O3/c1-21(13-29-14-21)10-19(27)26-6-3-22(4-7-26)9-16(22)12-24-20(28)18-8-15-11-23-5-2-17(15)25-18/h2,5,8,11,16,25H,3-4,6-7,9-10,12-14H2,1H3,(H,24,28). The topological polar surface area (TPSA) is 87.3 Å². The van der Waals surface area contributed by atoms with Crippen molar-refractivity contribution in [1.82, 2.24) is 20.2 Å². The van der Waals surface area contributed by atoms with Gasteiger partial charge in [0.15, 0.2) is 0 Å². The quantitative estimate of drug-likeness (QED) is 0.812. The third-order valence-electron chi connectivity index (χ3n) is 7.12. The maximum absolute atomic E-state index is 12.6. The Labute approximate surface area is 170 Å². The average molecular weight is 396 g/mol. The molecule has 29 heavy (non-hydrogen) atoms. The minimum absolute atomic E-state index is 0.0390. The van der Waals surface area contributed by atoms with Gasteiger partial charge in [-0.2, -0.15) is 0 Å². The highest BCUT2D eigenvalue weighted by Crippen LogP contribution is 2.59. The number of nitrogens with zero attached hydrogens (tertiary/aromatic N) is 2. The molecule has 2 saturated heterocycles. The van der Waals surface area contributed by atoms with Crippen molar-refractivity contribution in [2.45, 2.75) is 32.6 Å². The summed E-state index contributed by atoms with van der Waals surface area (Å²) in [5, 5.41) is 4.03. The number of H-pyrrole nitrogens is 1. The number of pyridine rings is 1. The first kappa shape index (κ1) is 18.6. The van der Waals surface area contributed by atoms with Gasteiger partial charge in [0.1, 0.15) is 5.69 Å². The summed E-state index contributed by atoms with van der Waals surface area (Å²) in [4.78, 5) is 34.3. The van der Waals surface area contributed by atoms with Crippen LogP contribution in [0, 0.1) is 16.7 Å². The fourth-order valence-electron chi connectivity index (χ4n) is 4.97. The summed E-state index contributed by atoms with van der Waals surface area (Å²) in [5.74, 6) is 0.726. The summed E-state index contributed by atoms with van der Waals surface area (Å²) in [6.45, 7) is 5.92. The van der Waals surface area contributed by atoms with Gasteiger partial charge in [-0.05, 0) is 42.7 Å². The van der Waals surface area contributed by atoms with Crippen molar-refractivity contribution in [2.24, 2.45) is 16.7 Å². The molecule has 0 bridgehead atoms. The van der Waals surface area contributed by atoms with Crippen LogP contribution in [0.5, 0.6) is 0 Å². The number of aromatic amines is 1. The maximum Gasteiger partial charge on any atom is 0.267 e. The molecule has 1 atom stereocenters. The maximum atomic E-state index is 12.6. The number of nitrogens with one attached hydrogen (secondary N) is 2. The van der Waals surface area contributed by atoms with Crippen molar-refractivity contribution in [1.29, 1.82) is 0 Å². The zero-order valence-corrected chi connectivity index (χ0v) is 16.9. The van der Waals surface area contributed by atoms with Gasteiger partial charge in [0, 0.05) is 54.8 Å². The second kappa shape index (κ2) is 6.83. The van der Waals surface area contributed by atoms with Crippen molar-refractivity contribution in [3.8, 4) is 0 Å². The van der Waals surface area contributed by atoms with Crippen molar-refractivity contribution in [3.63, 3.8) is 0 Å². The van der Waals surface area contributed by atoms with Crippen LogP contribution in [-0.4, -0.2) is 59.5 Å². The number of carbonyl (C=O) groups excluding carboxylic acids is 2. The Morgan fingerprint density at radius 1 is 1.34 bits per heavy atom. The number of amides is 2. The molecule has 0 aromatic carbocycles. The van der Waals surface area contributed by atoms with Gasteiger partial charge in [-0.15, -0.1) is 0 Å². The Hall–Kier alpha value is -2.41. The lowest BCUT2D eigenvalue weighted by atomic mass is 9.83. The molecular weight excluding hydrogens is 368 g/mol. The average Bonchev–Trinajstić information content (AvgIpc) is 3.17.